The van der Waals surface area contributed by atoms with E-state index in [1.165, 1.54) is 5.69 Å². The van der Waals surface area contributed by atoms with Gasteiger partial charge < -0.3 is 15.1 Å². The summed E-state index contributed by atoms with van der Waals surface area (Å²) in [6.45, 7) is 5.68. The Morgan fingerprint density at radius 2 is 1.55 bits per heavy atom. The topological polar surface area (TPSA) is 61.4 Å². The summed E-state index contributed by atoms with van der Waals surface area (Å²) in [6, 6.07) is 21.9. The highest BCUT2D eigenvalue weighted by Crippen LogP contribution is 2.19. The van der Waals surface area contributed by atoms with Crippen LogP contribution < -0.4 is 15.1 Å². The Hall–Kier alpha value is -3.41. The lowest BCUT2D eigenvalue weighted by Crippen LogP contribution is -2.46. The van der Waals surface area contributed by atoms with E-state index in [0.29, 0.717) is 5.69 Å². The van der Waals surface area contributed by atoms with Gasteiger partial charge in [-0.3, -0.25) is 4.79 Å². The van der Waals surface area contributed by atoms with Gasteiger partial charge in [-0.05, 0) is 42.3 Å². The number of piperazine rings is 1. The number of anilines is 3. The van der Waals surface area contributed by atoms with E-state index in [9.17, 15) is 4.79 Å². The number of hydrogen-bond acceptors (Lipinski definition) is 5. The van der Waals surface area contributed by atoms with Crippen LogP contribution in [-0.4, -0.2) is 42.3 Å². The smallest absolute Gasteiger partial charge is 0.276 e. The van der Waals surface area contributed by atoms with E-state index in [-0.39, 0.29) is 5.91 Å². The molecule has 3 aromatic rings. The molecule has 1 aliphatic heterocycles. The van der Waals surface area contributed by atoms with Crippen molar-refractivity contribution in [2.45, 2.75) is 13.3 Å². The predicted molar refractivity (Wildman–Crippen MR) is 117 cm³/mol. The Kier molecular flexibility index (Phi) is 5.70. The van der Waals surface area contributed by atoms with E-state index >= 15 is 0 Å². The van der Waals surface area contributed by atoms with Gasteiger partial charge in [-0.2, -0.15) is 0 Å². The second-order valence-corrected chi connectivity index (χ2v) is 7.05. The van der Waals surface area contributed by atoms with Gasteiger partial charge in [0.15, 0.2) is 11.5 Å². The number of aromatic nitrogens is 2. The number of nitrogens with one attached hydrogen (secondary N) is 1. The molecule has 1 aromatic heterocycles. The highest BCUT2D eigenvalue weighted by atomic mass is 16.1. The summed E-state index contributed by atoms with van der Waals surface area (Å²) < 4.78 is 0. The highest BCUT2D eigenvalue weighted by molar-refractivity contribution is 6.03. The molecule has 29 heavy (non-hydrogen) atoms. The van der Waals surface area contributed by atoms with E-state index in [0.717, 1.165) is 49.7 Å². The number of amides is 1. The van der Waals surface area contributed by atoms with Gasteiger partial charge in [0.25, 0.3) is 5.91 Å². The van der Waals surface area contributed by atoms with Crippen LogP contribution >= 0.6 is 0 Å². The monoisotopic (exact) mass is 387 g/mol. The molecule has 0 bridgehead atoms. The van der Waals surface area contributed by atoms with Gasteiger partial charge in [0.2, 0.25) is 0 Å². The molecule has 2 aromatic carbocycles. The van der Waals surface area contributed by atoms with Crippen LogP contribution in [0.25, 0.3) is 0 Å². The van der Waals surface area contributed by atoms with Crippen LogP contribution in [0.5, 0.6) is 0 Å². The Bertz CT molecular complexity index is 951. The van der Waals surface area contributed by atoms with Crippen molar-refractivity contribution in [3.63, 3.8) is 0 Å². The van der Waals surface area contributed by atoms with Crippen LogP contribution in [0.3, 0.4) is 0 Å². The first-order chi connectivity index (χ1) is 14.2. The minimum atomic E-state index is -0.237. The van der Waals surface area contributed by atoms with Gasteiger partial charge in [-0.25, -0.2) is 0 Å². The van der Waals surface area contributed by atoms with Crippen molar-refractivity contribution >= 4 is 23.1 Å². The third kappa shape index (κ3) is 4.37. The fraction of sp³-hybridized carbons (Fsp3) is 0.261. The molecule has 1 aliphatic rings. The Labute approximate surface area is 171 Å². The minimum Gasteiger partial charge on any atom is -0.368 e. The highest BCUT2D eigenvalue weighted by Gasteiger charge is 2.19. The fourth-order valence-electron chi connectivity index (χ4n) is 3.58. The largest absolute Gasteiger partial charge is 0.368 e. The SMILES string of the molecule is CCc1ccccc1NC(=O)c1ccc(N2CCN(c3ccccc3)CC2)nn1. The summed E-state index contributed by atoms with van der Waals surface area (Å²) >= 11 is 0. The lowest BCUT2D eigenvalue weighted by atomic mass is 10.1. The zero-order valence-electron chi connectivity index (χ0n) is 16.6. The molecule has 0 aliphatic carbocycles. The lowest BCUT2D eigenvalue weighted by molar-refractivity contribution is 0.102. The molecule has 0 radical (unpaired) electrons. The summed E-state index contributed by atoms with van der Waals surface area (Å²) in [5, 5.41) is 11.4. The molecule has 1 N–H and O–H groups in total. The van der Waals surface area contributed by atoms with Crippen molar-refractivity contribution in [1.29, 1.82) is 0 Å². The van der Waals surface area contributed by atoms with Crippen LogP contribution in [0.1, 0.15) is 23.0 Å². The number of hydrogen-bond donors (Lipinski definition) is 1. The summed E-state index contributed by atoms with van der Waals surface area (Å²) in [6.07, 6.45) is 0.857. The van der Waals surface area contributed by atoms with Gasteiger partial charge in [-0.1, -0.05) is 43.3 Å². The first-order valence-corrected chi connectivity index (χ1v) is 10.0. The van der Waals surface area contributed by atoms with Crippen LogP contribution in [0.4, 0.5) is 17.2 Å². The molecule has 2 heterocycles. The summed E-state index contributed by atoms with van der Waals surface area (Å²) in [7, 11) is 0. The number of carbonyl (C=O) groups is 1. The Morgan fingerprint density at radius 1 is 0.862 bits per heavy atom. The zero-order valence-corrected chi connectivity index (χ0v) is 16.6. The first kappa shape index (κ1) is 18.9. The predicted octanol–water partition coefficient (Wildman–Crippen LogP) is 3.62. The third-order valence-corrected chi connectivity index (χ3v) is 5.25. The van der Waals surface area contributed by atoms with Gasteiger partial charge >= 0.3 is 0 Å². The van der Waals surface area contributed by atoms with Gasteiger partial charge in [0.05, 0.1) is 0 Å². The van der Waals surface area contributed by atoms with Crippen molar-refractivity contribution in [3.8, 4) is 0 Å². The van der Waals surface area contributed by atoms with Crippen molar-refractivity contribution in [3.05, 3.63) is 78.0 Å². The quantitative estimate of drug-likeness (QED) is 0.725. The molecule has 6 heteroatoms. The summed E-state index contributed by atoms with van der Waals surface area (Å²) in [5.41, 5.74) is 3.49. The lowest BCUT2D eigenvalue weighted by Gasteiger charge is -2.36. The number of rotatable bonds is 5. The molecular formula is C23H25N5O. The Morgan fingerprint density at radius 3 is 2.24 bits per heavy atom. The van der Waals surface area contributed by atoms with Crippen molar-refractivity contribution in [2.24, 2.45) is 0 Å². The molecular weight excluding hydrogens is 362 g/mol. The first-order valence-electron chi connectivity index (χ1n) is 10.0. The average molecular weight is 387 g/mol. The molecule has 0 saturated carbocycles. The van der Waals surface area contributed by atoms with E-state index < -0.39 is 0 Å². The molecule has 0 atom stereocenters. The van der Waals surface area contributed by atoms with E-state index in [2.05, 4.69) is 56.5 Å². The molecule has 6 nitrogen and oxygen atoms in total. The maximum absolute atomic E-state index is 12.5. The molecule has 148 valence electrons. The fourth-order valence-corrected chi connectivity index (χ4v) is 3.58. The third-order valence-electron chi connectivity index (χ3n) is 5.25. The summed E-state index contributed by atoms with van der Waals surface area (Å²) in [5.74, 6) is 0.571. The van der Waals surface area contributed by atoms with Crippen LogP contribution in [-0.2, 0) is 6.42 Å². The van der Waals surface area contributed by atoms with Gasteiger partial charge in [0, 0.05) is 37.6 Å². The van der Waals surface area contributed by atoms with Crippen molar-refractivity contribution in [1.82, 2.24) is 10.2 Å². The number of nitrogens with zero attached hydrogens (tertiary/aromatic N) is 4. The van der Waals surface area contributed by atoms with Gasteiger partial charge in [0.1, 0.15) is 0 Å². The van der Waals surface area contributed by atoms with E-state index in [1.807, 2.05) is 36.4 Å². The van der Waals surface area contributed by atoms with Crippen molar-refractivity contribution in [2.75, 3.05) is 41.3 Å². The summed E-state index contributed by atoms with van der Waals surface area (Å²) in [4.78, 5) is 17.1. The van der Waals surface area contributed by atoms with Gasteiger partial charge in [-0.15, -0.1) is 10.2 Å². The van der Waals surface area contributed by atoms with Crippen molar-refractivity contribution < 1.29 is 4.79 Å². The number of carbonyl (C=O) groups excluding carboxylic acids is 1. The second kappa shape index (κ2) is 8.73. The molecule has 0 spiro atoms. The van der Waals surface area contributed by atoms with E-state index in [4.69, 9.17) is 0 Å². The minimum absolute atomic E-state index is 0.237. The molecule has 4 rings (SSSR count). The second-order valence-electron chi connectivity index (χ2n) is 7.05. The normalized spacial score (nSPS) is 14.0. The maximum Gasteiger partial charge on any atom is 0.276 e. The number of benzene rings is 2. The Balaban J connectivity index is 1.37. The zero-order chi connectivity index (χ0) is 20.1. The average Bonchev–Trinajstić information content (AvgIpc) is 2.80. The molecule has 1 amide bonds. The number of para-hydroxylation sites is 2. The number of aryl methyl sites for hydroxylation is 1. The van der Waals surface area contributed by atoms with Crippen LogP contribution in [0, 0.1) is 0 Å². The molecule has 1 fully saturated rings. The maximum atomic E-state index is 12.5. The van der Waals surface area contributed by atoms with Crippen LogP contribution in [0.2, 0.25) is 0 Å². The van der Waals surface area contributed by atoms with E-state index in [1.54, 1.807) is 6.07 Å². The van der Waals surface area contributed by atoms with Crippen LogP contribution in [0.15, 0.2) is 66.7 Å². The molecule has 1 saturated heterocycles. The standard InChI is InChI=1S/C23H25N5O/c1-2-18-8-6-7-11-20(18)24-23(29)21-12-13-22(26-25-21)28-16-14-27(15-17-28)19-9-4-3-5-10-19/h3-13H,2,14-17H2,1H3,(H,24,29). The molecule has 0 unspecified atom stereocenters.